The minimum absolute atomic E-state index is 0. The molecular formula is C16H18BrN. The molecule has 0 aromatic heterocycles. The van der Waals surface area contributed by atoms with Crippen LogP contribution in [-0.4, -0.2) is 17.6 Å². The quantitative estimate of drug-likeness (QED) is 0.637. The second-order valence-electron chi connectivity index (χ2n) is 4.82. The maximum absolute atomic E-state index is 2.39. The number of fused-ring (bicyclic) bond motifs is 2. The van der Waals surface area contributed by atoms with E-state index in [1.54, 1.807) is 0 Å². The molecule has 2 heteroatoms. The van der Waals surface area contributed by atoms with Gasteiger partial charge in [-0.05, 0) is 36.8 Å². The van der Waals surface area contributed by atoms with Crippen molar-refractivity contribution >= 4 is 23.2 Å². The molecule has 0 amide bonds. The molecule has 3 rings (SSSR count). The molecule has 2 aromatic carbocycles. The Morgan fingerprint density at radius 2 is 1.28 bits per heavy atom. The van der Waals surface area contributed by atoms with E-state index in [1.165, 1.54) is 21.2 Å². The SMILES string of the molecule is CC[N+]1(CC)C=c2cc3ccccc3cc2=C1.[Br-]. The Labute approximate surface area is 118 Å². The Bertz CT molecular complexity index is 627. The maximum atomic E-state index is 2.39. The van der Waals surface area contributed by atoms with Gasteiger partial charge in [0.1, 0.15) is 12.4 Å². The average molecular weight is 304 g/mol. The van der Waals surface area contributed by atoms with E-state index in [0.29, 0.717) is 0 Å². The Morgan fingerprint density at radius 3 is 1.67 bits per heavy atom. The van der Waals surface area contributed by atoms with Crippen molar-refractivity contribution in [1.29, 1.82) is 0 Å². The number of quaternary nitrogens is 1. The fraction of sp³-hybridized carbons (Fsp3) is 0.250. The largest absolute Gasteiger partial charge is 1.00 e. The summed E-state index contributed by atoms with van der Waals surface area (Å²) in [4.78, 5) is 0. The van der Waals surface area contributed by atoms with E-state index in [-0.39, 0.29) is 17.0 Å². The first-order valence-corrected chi connectivity index (χ1v) is 6.37. The highest BCUT2D eigenvalue weighted by atomic mass is 79.9. The topological polar surface area (TPSA) is 0 Å². The lowest BCUT2D eigenvalue weighted by Crippen LogP contribution is -3.00. The zero-order valence-electron chi connectivity index (χ0n) is 10.9. The van der Waals surface area contributed by atoms with Gasteiger partial charge in [-0.25, -0.2) is 0 Å². The fourth-order valence-corrected chi connectivity index (χ4v) is 2.68. The molecule has 2 aromatic rings. The second-order valence-corrected chi connectivity index (χ2v) is 4.82. The van der Waals surface area contributed by atoms with Crippen LogP contribution in [0.5, 0.6) is 0 Å². The van der Waals surface area contributed by atoms with Crippen molar-refractivity contribution in [3.05, 3.63) is 46.8 Å². The minimum Gasteiger partial charge on any atom is -1.00 e. The summed E-state index contributed by atoms with van der Waals surface area (Å²) in [7, 11) is 0. The molecule has 94 valence electrons. The molecule has 0 radical (unpaired) electrons. The van der Waals surface area contributed by atoms with Crippen molar-refractivity contribution in [3.8, 4) is 0 Å². The van der Waals surface area contributed by atoms with Gasteiger partial charge < -0.3 is 17.0 Å². The van der Waals surface area contributed by atoms with Crippen molar-refractivity contribution in [3.63, 3.8) is 0 Å². The molecule has 0 bridgehead atoms. The lowest BCUT2D eigenvalue weighted by Gasteiger charge is -2.25. The van der Waals surface area contributed by atoms with E-state index in [2.05, 4.69) is 62.6 Å². The summed E-state index contributed by atoms with van der Waals surface area (Å²) in [5.41, 5.74) is 0. The van der Waals surface area contributed by atoms with Gasteiger partial charge in [0.25, 0.3) is 0 Å². The van der Waals surface area contributed by atoms with Crippen LogP contribution < -0.4 is 27.4 Å². The lowest BCUT2D eigenvalue weighted by atomic mass is 10.1. The highest BCUT2D eigenvalue weighted by Crippen LogP contribution is 2.14. The zero-order valence-corrected chi connectivity index (χ0v) is 12.4. The summed E-state index contributed by atoms with van der Waals surface area (Å²) in [6.45, 7) is 6.76. The summed E-state index contributed by atoms with van der Waals surface area (Å²) >= 11 is 0. The van der Waals surface area contributed by atoms with Crippen molar-refractivity contribution in [2.45, 2.75) is 13.8 Å². The Balaban J connectivity index is 0.00000120. The number of hydrogen-bond donors (Lipinski definition) is 0. The first-order chi connectivity index (χ1) is 8.26. The fourth-order valence-electron chi connectivity index (χ4n) is 2.68. The van der Waals surface area contributed by atoms with Crippen LogP contribution in [0.25, 0.3) is 23.2 Å². The molecule has 1 nitrogen and oxygen atoms in total. The normalized spacial score (nSPS) is 15.4. The Morgan fingerprint density at radius 1 is 0.833 bits per heavy atom. The lowest BCUT2D eigenvalue weighted by molar-refractivity contribution is -0.765. The van der Waals surface area contributed by atoms with E-state index >= 15 is 0 Å². The number of hydrogen-bond acceptors (Lipinski definition) is 0. The van der Waals surface area contributed by atoms with Crippen molar-refractivity contribution in [1.82, 2.24) is 0 Å². The van der Waals surface area contributed by atoms with Crippen molar-refractivity contribution in [2.75, 3.05) is 13.1 Å². The third kappa shape index (κ3) is 2.00. The smallest absolute Gasteiger partial charge is 0.109 e. The average Bonchev–Trinajstić information content (AvgIpc) is 2.74. The van der Waals surface area contributed by atoms with Crippen LogP contribution in [0, 0.1) is 0 Å². The zero-order chi connectivity index (χ0) is 11.9. The van der Waals surface area contributed by atoms with Gasteiger partial charge in [-0.2, -0.15) is 0 Å². The maximum Gasteiger partial charge on any atom is 0.109 e. The summed E-state index contributed by atoms with van der Waals surface area (Å²) in [6, 6.07) is 13.2. The highest BCUT2D eigenvalue weighted by Gasteiger charge is 2.21. The van der Waals surface area contributed by atoms with Gasteiger partial charge in [-0.1, -0.05) is 24.3 Å². The van der Waals surface area contributed by atoms with Crippen molar-refractivity contribution < 1.29 is 21.5 Å². The van der Waals surface area contributed by atoms with Crippen LogP contribution in [0.3, 0.4) is 0 Å². The van der Waals surface area contributed by atoms with Crippen LogP contribution in [0.1, 0.15) is 13.8 Å². The Hall–Kier alpha value is -1.12. The predicted molar refractivity (Wildman–Crippen MR) is 73.5 cm³/mol. The van der Waals surface area contributed by atoms with E-state index < -0.39 is 0 Å². The standard InChI is InChI=1S/C16H18N.BrH/c1-3-17(4-2)11-15-9-13-7-5-6-8-14(13)10-16(15)12-17;/h5-12H,3-4H2,1-2H3;1H/q+1;/p-1. The number of halogens is 1. The molecule has 18 heavy (non-hydrogen) atoms. The van der Waals surface area contributed by atoms with E-state index in [4.69, 9.17) is 0 Å². The van der Waals surface area contributed by atoms with Crippen LogP contribution in [-0.2, 0) is 0 Å². The summed E-state index contributed by atoms with van der Waals surface area (Å²) in [6.07, 6.45) is 4.78. The first-order valence-electron chi connectivity index (χ1n) is 6.37. The van der Waals surface area contributed by atoms with Crippen LogP contribution >= 0.6 is 0 Å². The molecule has 0 N–H and O–H groups in total. The number of benzene rings is 2. The van der Waals surface area contributed by atoms with Gasteiger partial charge in [0.05, 0.1) is 13.1 Å². The number of rotatable bonds is 2. The van der Waals surface area contributed by atoms with Crippen molar-refractivity contribution in [2.24, 2.45) is 0 Å². The summed E-state index contributed by atoms with van der Waals surface area (Å²) < 4.78 is 0.978. The molecule has 0 atom stereocenters. The minimum atomic E-state index is 0. The summed E-state index contributed by atoms with van der Waals surface area (Å²) in [5, 5.41) is 5.44. The van der Waals surface area contributed by atoms with Gasteiger partial charge in [0, 0.05) is 10.4 Å². The predicted octanol–water partition coefficient (Wildman–Crippen LogP) is -0.810. The van der Waals surface area contributed by atoms with E-state index in [0.717, 1.165) is 17.6 Å². The molecular weight excluding hydrogens is 286 g/mol. The number of nitrogens with zero attached hydrogens (tertiary/aromatic N) is 1. The molecule has 1 aliphatic heterocycles. The second kappa shape index (κ2) is 4.87. The van der Waals surface area contributed by atoms with Gasteiger partial charge in [-0.15, -0.1) is 0 Å². The van der Waals surface area contributed by atoms with Crippen LogP contribution in [0.4, 0.5) is 0 Å². The van der Waals surface area contributed by atoms with Gasteiger partial charge >= 0.3 is 0 Å². The van der Waals surface area contributed by atoms with Gasteiger partial charge in [0.15, 0.2) is 0 Å². The first kappa shape index (κ1) is 13.3. The molecule has 0 saturated carbocycles. The van der Waals surface area contributed by atoms with Crippen LogP contribution in [0.2, 0.25) is 0 Å². The molecule has 0 fully saturated rings. The molecule has 0 spiro atoms. The monoisotopic (exact) mass is 303 g/mol. The molecule has 0 saturated heterocycles. The van der Waals surface area contributed by atoms with E-state index in [1.807, 2.05) is 0 Å². The van der Waals surface area contributed by atoms with Gasteiger partial charge in [0.2, 0.25) is 0 Å². The molecule has 1 aliphatic rings. The highest BCUT2D eigenvalue weighted by molar-refractivity contribution is 5.82. The Kier molecular flexibility index (Phi) is 3.60. The van der Waals surface area contributed by atoms with E-state index in [9.17, 15) is 0 Å². The van der Waals surface area contributed by atoms with Crippen LogP contribution in [0.15, 0.2) is 36.4 Å². The molecule has 0 aliphatic carbocycles. The molecule has 0 unspecified atom stereocenters. The molecule has 1 heterocycles. The third-order valence-corrected chi connectivity index (χ3v) is 3.92. The summed E-state index contributed by atoms with van der Waals surface area (Å²) in [5.74, 6) is 0. The third-order valence-electron chi connectivity index (χ3n) is 3.92. The van der Waals surface area contributed by atoms with Gasteiger partial charge in [-0.3, -0.25) is 4.48 Å².